The second-order valence-electron chi connectivity index (χ2n) is 6.07. The van der Waals surface area contributed by atoms with Gasteiger partial charge in [-0.1, -0.05) is 34.1 Å². The van der Waals surface area contributed by atoms with Crippen molar-refractivity contribution in [2.45, 2.75) is 72.8 Å². The van der Waals surface area contributed by atoms with E-state index in [9.17, 15) is 4.79 Å². The van der Waals surface area contributed by atoms with Gasteiger partial charge in [0.25, 0.3) is 0 Å². The number of carbonyl (C=O) groups excluding carboxylic acids is 1. The Morgan fingerprint density at radius 1 is 1.13 bits per heavy atom. The Balaban J connectivity index is 4.07. The number of hydrogen-bond acceptors (Lipinski definition) is 2. The zero-order valence-electron chi connectivity index (χ0n) is 11.1. The number of hydrogen-bond donors (Lipinski definition) is 0. The lowest BCUT2D eigenvalue weighted by Crippen LogP contribution is -2.32. The molecule has 0 radical (unpaired) electrons. The van der Waals surface area contributed by atoms with Crippen LogP contribution >= 0.6 is 0 Å². The molecule has 0 amide bonds. The maximum atomic E-state index is 11.5. The Morgan fingerprint density at radius 2 is 1.67 bits per heavy atom. The molecule has 0 aliphatic carbocycles. The van der Waals surface area contributed by atoms with E-state index in [-0.39, 0.29) is 17.0 Å². The SMILES string of the molecule is CCCCC(=O)OC(C)(C)CC(C)(C)C. The van der Waals surface area contributed by atoms with Gasteiger partial charge in [0, 0.05) is 6.42 Å². The van der Waals surface area contributed by atoms with Crippen LogP contribution in [0.15, 0.2) is 0 Å². The third-order valence-electron chi connectivity index (χ3n) is 2.08. The maximum absolute atomic E-state index is 11.5. The van der Waals surface area contributed by atoms with Gasteiger partial charge in [0.15, 0.2) is 0 Å². The average Bonchev–Trinajstić information content (AvgIpc) is 1.94. The van der Waals surface area contributed by atoms with E-state index in [0.29, 0.717) is 6.42 Å². The van der Waals surface area contributed by atoms with Gasteiger partial charge in [0.1, 0.15) is 5.60 Å². The van der Waals surface area contributed by atoms with Gasteiger partial charge in [-0.15, -0.1) is 0 Å². The van der Waals surface area contributed by atoms with Gasteiger partial charge in [0.05, 0.1) is 0 Å². The number of esters is 1. The summed E-state index contributed by atoms with van der Waals surface area (Å²) in [5, 5.41) is 0. The molecular formula is C13H26O2. The van der Waals surface area contributed by atoms with Crippen molar-refractivity contribution in [2.75, 3.05) is 0 Å². The molecule has 0 aromatic rings. The lowest BCUT2D eigenvalue weighted by Gasteiger charge is -2.32. The molecule has 0 aliphatic heterocycles. The van der Waals surface area contributed by atoms with Crippen molar-refractivity contribution in [1.82, 2.24) is 0 Å². The Labute approximate surface area is 94.4 Å². The summed E-state index contributed by atoms with van der Waals surface area (Å²) in [4.78, 5) is 11.5. The van der Waals surface area contributed by atoms with E-state index in [4.69, 9.17) is 4.74 Å². The summed E-state index contributed by atoms with van der Waals surface area (Å²) in [6, 6.07) is 0. The second kappa shape index (κ2) is 5.53. The van der Waals surface area contributed by atoms with Crippen LogP contribution in [0.4, 0.5) is 0 Å². The number of rotatable bonds is 5. The Bertz CT molecular complexity index is 199. The lowest BCUT2D eigenvalue weighted by molar-refractivity contribution is -0.159. The zero-order valence-corrected chi connectivity index (χ0v) is 11.1. The van der Waals surface area contributed by atoms with Gasteiger partial charge >= 0.3 is 5.97 Å². The van der Waals surface area contributed by atoms with Gasteiger partial charge in [-0.05, 0) is 32.1 Å². The number of unbranched alkanes of at least 4 members (excludes halogenated alkanes) is 1. The summed E-state index contributed by atoms with van der Waals surface area (Å²) in [6.07, 6.45) is 3.39. The first-order valence-corrected chi connectivity index (χ1v) is 5.88. The summed E-state index contributed by atoms with van der Waals surface area (Å²) >= 11 is 0. The standard InChI is InChI=1S/C13H26O2/c1-7-8-9-11(14)15-13(5,6)10-12(2,3)4/h7-10H2,1-6H3. The highest BCUT2D eigenvalue weighted by Gasteiger charge is 2.28. The highest BCUT2D eigenvalue weighted by atomic mass is 16.6. The fraction of sp³-hybridized carbons (Fsp3) is 0.923. The molecule has 0 N–H and O–H groups in total. The van der Waals surface area contributed by atoms with E-state index < -0.39 is 0 Å². The minimum absolute atomic E-state index is 0.0638. The van der Waals surface area contributed by atoms with Crippen molar-refractivity contribution in [3.63, 3.8) is 0 Å². The second-order valence-corrected chi connectivity index (χ2v) is 6.07. The fourth-order valence-corrected chi connectivity index (χ4v) is 1.99. The smallest absolute Gasteiger partial charge is 0.306 e. The third kappa shape index (κ3) is 8.46. The lowest BCUT2D eigenvalue weighted by atomic mass is 9.83. The highest BCUT2D eigenvalue weighted by Crippen LogP contribution is 2.29. The van der Waals surface area contributed by atoms with E-state index in [1.807, 2.05) is 13.8 Å². The van der Waals surface area contributed by atoms with Crippen LogP contribution in [0.1, 0.15) is 67.2 Å². The van der Waals surface area contributed by atoms with Gasteiger partial charge in [0.2, 0.25) is 0 Å². The first kappa shape index (κ1) is 14.5. The predicted octanol–water partition coefficient (Wildman–Crippen LogP) is 3.93. The van der Waals surface area contributed by atoms with Crippen LogP contribution in [0, 0.1) is 5.41 Å². The largest absolute Gasteiger partial charge is 0.460 e. The van der Waals surface area contributed by atoms with Crippen molar-refractivity contribution in [3.05, 3.63) is 0 Å². The summed E-state index contributed by atoms with van der Waals surface area (Å²) in [6.45, 7) is 12.5. The van der Waals surface area contributed by atoms with Crippen molar-refractivity contribution < 1.29 is 9.53 Å². The molecule has 0 saturated carbocycles. The fourth-order valence-electron chi connectivity index (χ4n) is 1.99. The van der Waals surface area contributed by atoms with Gasteiger partial charge in [-0.3, -0.25) is 4.79 Å². The van der Waals surface area contributed by atoms with Crippen LogP contribution in [-0.2, 0) is 9.53 Å². The molecule has 90 valence electrons. The summed E-state index contributed by atoms with van der Waals surface area (Å²) in [7, 11) is 0. The topological polar surface area (TPSA) is 26.3 Å². The monoisotopic (exact) mass is 214 g/mol. The van der Waals surface area contributed by atoms with E-state index >= 15 is 0 Å². The minimum Gasteiger partial charge on any atom is -0.460 e. The average molecular weight is 214 g/mol. The first-order chi connectivity index (χ1) is 6.66. The van der Waals surface area contributed by atoms with Crippen molar-refractivity contribution in [1.29, 1.82) is 0 Å². The quantitative estimate of drug-likeness (QED) is 0.648. The summed E-state index contributed by atoms with van der Waals surface area (Å²) in [5.41, 5.74) is -0.155. The van der Waals surface area contributed by atoms with Crippen LogP contribution in [0.25, 0.3) is 0 Å². The first-order valence-electron chi connectivity index (χ1n) is 5.88. The molecule has 0 heterocycles. The van der Waals surface area contributed by atoms with Crippen LogP contribution < -0.4 is 0 Å². The number of carbonyl (C=O) groups is 1. The van der Waals surface area contributed by atoms with E-state index in [0.717, 1.165) is 19.3 Å². The van der Waals surface area contributed by atoms with E-state index in [1.54, 1.807) is 0 Å². The van der Waals surface area contributed by atoms with Crippen LogP contribution in [0.5, 0.6) is 0 Å². The summed E-state index contributed by atoms with van der Waals surface area (Å²) in [5.74, 6) is -0.0638. The van der Waals surface area contributed by atoms with E-state index in [1.165, 1.54) is 0 Å². The predicted molar refractivity (Wildman–Crippen MR) is 63.8 cm³/mol. The molecule has 2 heteroatoms. The molecule has 0 saturated heterocycles. The minimum atomic E-state index is -0.344. The molecule has 15 heavy (non-hydrogen) atoms. The van der Waals surface area contributed by atoms with Crippen molar-refractivity contribution >= 4 is 5.97 Å². The van der Waals surface area contributed by atoms with Gasteiger partial charge < -0.3 is 4.74 Å². The molecule has 0 aliphatic rings. The molecule has 0 aromatic carbocycles. The Morgan fingerprint density at radius 3 is 2.07 bits per heavy atom. The van der Waals surface area contributed by atoms with Crippen LogP contribution in [-0.4, -0.2) is 11.6 Å². The molecule has 0 fully saturated rings. The van der Waals surface area contributed by atoms with E-state index in [2.05, 4.69) is 27.7 Å². The number of ether oxygens (including phenoxy) is 1. The molecule has 0 aromatic heterocycles. The molecule has 2 nitrogen and oxygen atoms in total. The van der Waals surface area contributed by atoms with Crippen LogP contribution in [0.3, 0.4) is 0 Å². The van der Waals surface area contributed by atoms with Crippen molar-refractivity contribution in [2.24, 2.45) is 5.41 Å². The van der Waals surface area contributed by atoms with Gasteiger partial charge in [-0.2, -0.15) is 0 Å². The maximum Gasteiger partial charge on any atom is 0.306 e. The Kier molecular flexibility index (Phi) is 5.33. The Hall–Kier alpha value is -0.530. The summed E-state index contributed by atoms with van der Waals surface area (Å²) < 4.78 is 5.48. The van der Waals surface area contributed by atoms with Crippen LogP contribution in [0.2, 0.25) is 0 Å². The highest BCUT2D eigenvalue weighted by molar-refractivity contribution is 5.69. The molecule has 0 bridgehead atoms. The molecule has 0 rings (SSSR count). The van der Waals surface area contributed by atoms with Gasteiger partial charge in [-0.25, -0.2) is 0 Å². The molecule has 0 unspecified atom stereocenters. The normalized spacial score (nSPS) is 12.7. The third-order valence-corrected chi connectivity index (χ3v) is 2.08. The molecular weight excluding hydrogens is 188 g/mol. The molecule has 0 spiro atoms. The zero-order chi connectivity index (χ0) is 12.1. The molecule has 0 atom stereocenters. The van der Waals surface area contributed by atoms with Crippen molar-refractivity contribution in [3.8, 4) is 0 Å².